The van der Waals surface area contributed by atoms with Crippen LogP contribution in [0.4, 0.5) is 29.3 Å². The number of oxazole rings is 1. The lowest BCUT2D eigenvalue weighted by molar-refractivity contribution is -0.0531. The predicted octanol–water partition coefficient (Wildman–Crippen LogP) is 2.32. The van der Waals surface area contributed by atoms with E-state index < -0.39 is 29.7 Å². The van der Waals surface area contributed by atoms with E-state index in [9.17, 15) is 22.7 Å². The number of ether oxygens (including phenoxy) is 1. The van der Waals surface area contributed by atoms with Gasteiger partial charge in [-0.05, 0) is 18.9 Å². The standard InChI is InChI=1S/C23H24F4N8O3/c1-37-15-6-12(24)11(5-13(15)25)21-33-14(7-35-10-32-16-19(28)30-9-31-20(16)35)22(38-21)34-4-2-3-23(29,8-34)17(36)18(26)27/h5-6,9-10,17-18,36H,2-4,7-8,29H2,1H3,(H2,28,30,31)/t17?,23-/m1/s1. The molecule has 202 valence electrons. The summed E-state index contributed by atoms with van der Waals surface area (Å²) in [7, 11) is 1.20. The summed E-state index contributed by atoms with van der Waals surface area (Å²) in [6.07, 6.45) is -1.92. The van der Waals surface area contributed by atoms with E-state index in [4.69, 9.17) is 20.6 Å². The molecule has 1 fully saturated rings. The number of alkyl halides is 2. The number of piperidine rings is 1. The SMILES string of the molecule is COc1cc(F)c(-c2nc(Cn3cnc4c(N)ncnc43)c(N3CCC[C@](N)(C(O)C(F)F)C3)o2)cc1F. The maximum absolute atomic E-state index is 14.9. The first-order valence-corrected chi connectivity index (χ1v) is 11.6. The molecule has 0 aliphatic carbocycles. The number of methoxy groups -OCH3 is 1. The maximum atomic E-state index is 14.9. The molecule has 1 aliphatic heterocycles. The van der Waals surface area contributed by atoms with Crippen molar-refractivity contribution in [3.05, 3.63) is 42.1 Å². The van der Waals surface area contributed by atoms with Gasteiger partial charge in [-0.15, -0.1) is 0 Å². The molecule has 1 aliphatic rings. The van der Waals surface area contributed by atoms with Gasteiger partial charge in [0.2, 0.25) is 11.8 Å². The first kappa shape index (κ1) is 25.7. The van der Waals surface area contributed by atoms with Crippen LogP contribution >= 0.6 is 0 Å². The number of halogens is 4. The number of aromatic nitrogens is 5. The molecule has 4 aromatic rings. The van der Waals surface area contributed by atoms with E-state index in [-0.39, 0.29) is 54.1 Å². The predicted molar refractivity (Wildman–Crippen MR) is 128 cm³/mol. The average Bonchev–Trinajstić information content (AvgIpc) is 3.50. The van der Waals surface area contributed by atoms with Crippen molar-refractivity contribution in [1.29, 1.82) is 0 Å². The Bertz CT molecular complexity index is 1480. The first-order chi connectivity index (χ1) is 18.1. The summed E-state index contributed by atoms with van der Waals surface area (Å²) in [6.45, 7) is 0.132. The van der Waals surface area contributed by atoms with Gasteiger partial charge in [-0.1, -0.05) is 0 Å². The summed E-state index contributed by atoms with van der Waals surface area (Å²) in [5.41, 5.74) is 11.1. The maximum Gasteiger partial charge on any atom is 0.265 e. The largest absolute Gasteiger partial charge is 0.494 e. The van der Waals surface area contributed by atoms with Crippen LogP contribution in [0.1, 0.15) is 18.5 Å². The number of nitrogens with two attached hydrogens (primary N) is 2. The minimum atomic E-state index is -3.05. The molecule has 3 aromatic heterocycles. The van der Waals surface area contributed by atoms with E-state index in [1.54, 1.807) is 9.47 Å². The lowest BCUT2D eigenvalue weighted by Gasteiger charge is -2.42. The Labute approximate surface area is 213 Å². The quantitative estimate of drug-likeness (QED) is 0.300. The lowest BCUT2D eigenvalue weighted by atomic mass is 9.84. The van der Waals surface area contributed by atoms with Crippen molar-refractivity contribution in [2.75, 3.05) is 30.8 Å². The summed E-state index contributed by atoms with van der Waals surface area (Å²) in [4.78, 5) is 18.3. The van der Waals surface area contributed by atoms with Crippen molar-refractivity contribution in [3.8, 4) is 17.2 Å². The second-order valence-corrected chi connectivity index (χ2v) is 9.08. The lowest BCUT2D eigenvalue weighted by Crippen LogP contribution is -2.63. The number of hydrogen-bond acceptors (Lipinski definition) is 10. The average molecular weight is 536 g/mol. The van der Waals surface area contributed by atoms with E-state index in [0.717, 1.165) is 12.1 Å². The van der Waals surface area contributed by atoms with Crippen LogP contribution in [0.5, 0.6) is 5.75 Å². The number of aliphatic hydroxyl groups excluding tert-OH is 1. The van der Waals surface area contributed by atoms with E-state index >= 15 is 0 Å². The molecule has 1 saturated heterocycles. The molecule has 1 unspecified atom stereocenters. The topological polar surface area (TPSA) is 154 Å². The van der Waals surface area contributed by atoms with Gasteiger partial charge in [0.25, 0.3) is 6.43 Å². The van der Waals surface area contributed by atoms with Gasteiger partial charge in [-0.25, -0.2) is 37.5 Å². The Kier molecular flexibility index (Phi) is 6.56. The Morgan fingerprint density at radius 1 is 1.21 bits per heavy atom. The molecular weight excluding hydrogens is 512 g/mol. The molecule has 0 bridgehead atoms. The molecule has 5 rings (SSSR count). The van der Waals surface area contributed by atoms with E-state index in [0.29, 0.717) is 24.1 Å². The smallest absolute Gasteiger partial charge is 0.265 e. The molecule has 0 amide bonds. The van der Waals surface area contributed by atoms with Crippen molar-refractivity contribution in [3.63, 3.8) is 0 Å². The van der Waals surface area contributed by atoms with E-state index in [1.807, 2.05) is 0 Å². The second-order valence-electron chi connectivity index (χ2n) is 9.08. The van der Waals surface area contributed by atoms with Gasteiger partial charge >= 0.3 is 0 Å². The summed E-state index contributed by atoms with van der Waals surface area (Å²) in [5, 5.41) is 10.1. The number of aliphatic hydroxyl groups is 1. The molecule has 15 heteroatoms. The summed E-state index contributed by atoms with van der Waals surface area (Å²) < 4.78 is 68.4. The summed E-state index contributed by atoms with van der Waals surface area (Å²) in [5.74, 6) is -1.99. The number of anilines is 2. The van der Waals surface area contributed by atoms with Gasteiger partial charge in [0.05, 0.1) is 31.1 Å². The summed E-state index contributed by atoms with van der Waals surface area (Å²) in [6, 6.07) is 1.75. The zero-order valence-corrected chi connectivity index (χ0v) is 20.1. The van der Waals surface area contributed by atoms with E-state index in [2.05, 4.69) is 19.9 Å². The zero-order valence-electron chi connectivity index (χ0n) is 20.1. The summed E-state index contributed by atoms with van der Waals surface area (Å²) >= 11 is 0. The van der Waals surface area contributed by atoms with Crippen molar-refractivity contribution >= 4 is 22.9 Å². The molecule has 1 aromatic carbocycles. The molecule has 5 N–H and O–H groups in total. The molecule has 0 spiro atoms. The Hall–Kier alpha value is -3.98. The van der Waals surface area contributed by atoms with Gasteiger partial charge in [-0.3, -0.25) is 0 Å². The molecular formula is C23H24F4N8O3. The van der Waals surface area contributed by atoms with Gasteiger partial charge in [0.15, 0.2) is 23.0 Å². The number of fused-ring (bicyclic) bond motifs is 1. The number of rotatable bonds is 7. The fraction of sp³-hybridized carbons (Fsp3) is 0.391. The van der Waals surface area contributed by atoms with E-state index in [1.165, 1.54) is 19.8 Å². The number of benzene rings is 1. The second kappa shape index (κ2) is 9.72. The van der Waals surface area contributed by atoms with Gasteiger partial charge in [0, 0.05) is 19.2 Å². The van der Waals surface area contributed by atoms with Gasteiger partial charge in [-0.2, -0.15) is 0 Å². The molecule has 11 nitrogen and oxygen atoms in total. The highest BCUT2D eigenvalue weighted by Gasteiger charge is 2.44. The Morgan fingerprint density at radius 3 is 2.74 bits per heavy atom. The molecule has 0 radical (unpaired) electrons. The zero-order chi connectivity index (χ0) is 27.2. The van der Waals surface area contributed by atoms with Crippen molar-refractivity contribution < 1.29 is 31.8 Å². The fourth-order valence-corrected chi connectivity index (χ4v) is 4.61. The van der Waals surface area contributed by atoms with Crippen LogP contribution in [-0.4, -0.2) is 67.9 Å². The third-order valence-corrected chi connectivity index (χ3v) is 6.57. The van der Waals surface area contributed by atoms with Crippen molar-refractivity contribution in [1.82, 2.24) is 24.5 Å². The minimum absolute atomic E-state index is 0.00247. The number of hydrogen-bond donors (Lipinski definition) is 3. The Morgan fingerprint density at radius 2 is 2.00 bits per heavy atom. The number of imidazole rings is 1. The van der Waals surface area contributed by atoms with Gasteiger partial charge in [0.1, 0.15) is 29.5 Å². The van der Waals surface area contributed by atoms with Crippen LogP contribution in [-0.2, 0) is 6.54 Å². The van der Waals surface area contributed by atoms with Crippen LogP contribution in [0.25, 0.3) is 22.6 Å². The molecule has 2 atom stereocenters. The van der Waals surface area contributed by atoms with Crippen molar-refractivity contribution in [2.24, 2.45) is 5.73 Å². The first-order valence-electron chi connectivity index (χ1n) is 11.6. The van der Waals surface area contributed by atoms with Crippen LogP contribution in [0, 0.1) is 11.6 Å². The minimum Gasteiger partial charge on any atom is -0.494 e. The highest BCUT2D eigenvalue weighted by molar-refractivity contribution is 5.81. The van der Waals surface area contributed by atoms with Crippen molar-refractivity contribution in [2.45, 2.75) is 37.5 Å². The molecule has 4 heterocycles. The highest BCUT2D eigenvalue weighted by Crippen LogP contribution is 2.36. The van der Waals surface area contributed by atoms with Crippen LogP contribution in [0.2, 0.25) is 0 Å². The number of nitrogen functional groups attached to an aromatic ring is 1. The monoisotopic (exact) mass is 536 g/mol. The third-order valence-electron chi connectivity index (χ3n) is 6.57. The van der Waals surface area contributed by atoms with Crippen LogP contribution in [0.3, 0.4) is 0 Å². The molecule has 38 heavy (non-hydrogen) atoms. The molecule has 0 saturated carbocycles. The fourth-order valence-electron chi connectivity index (χ4n) is 4.61. The number of nitrogens with zero attached hydrogens (tertiary/aromatic N) is 6. The normalized spacial score (nSPS) is 18.9. The highest BCUT2D eigenvalue weighted by atomic mass is 19.3. The Balaban J connectivity index is 1.59. The third kappa shape index (κ3) is 4.47. The van der Waals surface area contributed by atoms with Crippen LogP contribution < -0.4 is 21.1 Å². The van der Waals surface area contributed by atoms with Crippen LogP contribution in [0.15, 0.2) is 29.2 Å². The van der Waals surface area contributed by atoms with Gasteiger partial charge < -0.3 is 35.2 Å².